The summed E-state index contributed by atoms with van der Waals surface area (Å²) in [5.41, 5.74) is 1.31. The van der Waals surface area contributed by atoms with Crippen molar-refractivity contribution in [3.8, 4) is 11.5 Å². The first-order valence-electron chi connectivity index (χ1n) is 18.9. The van der Waals surface area contributed by atoms with Crippen LogP contribution in [0.5, 0.6) is 11.5 Å². The van der Waals surface area contributed by atoms with Crippen molar-refractivity contribution in [2.75, 3.05) is 26.4 Å². The standard InChI is InChI=1S/C20H27F3O3.C20H28F2O3/c1-13-2-4-14(5-3-13)6-7-15-11-24-19(25-12-15)16-8-9-18(17(21)10-16)26-20(22)23;1-14-2-4-15(5-3-14)6-7-16-12-23-19(24-13-16)17-8-10-18(11-9-17)25-20(21)22/h8-10,13-15,19-20H,2-7,11-12H2,1H3;8-11,14-16,19-20H,2-7,12-13H2,1H3. The first kappa shape index (κ1) is 39.7. The topological polar surface area (TPSA) is 55.4 Å². The third-order valence-corrected chi connectivity index (χ3v) is 11.0. The van der Waals surface area contributed by atoms with Crippen LogP contribution >= 0.6 is 0 Å². The zero-order valence-electron chi connectivity index (χ0n) is 30.0. The van der Waals surface area contributed by atoms with E-state index in [2.05, 4.69) is 23.3 Å². The maximum atomic E-state index is 13.8. The minimum Gasteiger partial charge on any atom is -0.435 e. The molecule has 2 saturated heterocycles. The molecule has 6 rings (SSSR count). The summed E-state index contributed by atoms with van der Waals surface area (Å²) in [6, 6.07) is 10.3. The van der Waals surface area contributed by atoms with E-state index in [1.54, 1.807) is 12.1 Å². The van der Waals surface area contributed by atoms with Crippen LogP contribution in [0.4, 0.5) is 22.0 Å². The molecule has 0 amide bonds. The monoisotopic (exact) mass is 726 g/mol. The molecule has 0 unspecified atom stereocenters. The van der Waals surface area contributed by atoms with Crippen molar-refractivity contribution in [1.29, 1.82) is 0 Å². The van der Waals surface area contributed by atoms with Crippen LogP contribution < -0.4 is 9.47 Å². The Balaban J connectivity index is 0.000000198. The summed E-state index contributed by atoms with van der Waals surface area (Å²) in [6.07, 6.45) is 14.5. The summed E-state index contributed by atoms with van der Waals surface area (Å²) in [7, 11) is 0. The number of benzene rings is 2. The van der Waals surface area contributed by atoms with Gasteiger partial charge in [0, 0.05) is 23.0 Å². The highest BCUT2D eigenvalue weighted by atomic mass is 19.3. The van der Waals surface area contributed by atoms with Crippen LogP contribution in [-0.4, -0.2) is 39.7 Å². The van der Waals surface area contributed by atoms with E-state index in [9.17, 15) is 22.0 Å². The van der Waals surface area contributed by atoms with Crippen LogP contribution in [0, 0.1) is 41.3 Å². The van der Waals surface area contributed by atoms with E-state index < -0.39 is 37.4 Å². The molecule has 11 heteroatoms. The average molecular weight is 727 g/mol. The summed E-state index contributed by atoms with van der Waals surface area (Å²) >= 11 is 0. The molecule has 2 aliphatic heterocycles. The summed E-state index contributed by atoms with van der Waals surface area (Å²) in [5, 5.41) is 0. The molecule has 2 heterocycles. The Morgan fingerprint density at radius 1 is 0.549 bits per heavy atom. The average Bonchev–Trinajstić information content (AvgIpc) is 3.13. The van der Waals surface area contributed by atoms with Gasteiger partial charge in [0.2, 0.25) is 0 Å². The number of hydrogen-bond acceptors (Lipinski definition) is 6. The van der Waals surface area contributed by atoms with Crippen LogP contribution in [0.2, 0.25) is 0 Å². The predicted octanol–water partition coefficient (Wildman–Crippen LogP) is 11.3. The van der Waals surface area contributed by atoms with Gasteiger partial charge in [-0.05, 0) is 60.8 Å². The van der Waals surface area contributed by atoms with Crippen molar-refractivity contribution in [3.63, 3.8) is 0 Å². The maximum absolute atomic E-state index is 13.8. The lowest BCUT2D eigenvalue weighted by atomic mass is 9.80. The Morgan fingerprint density at radius 2 is 0.961 bits per heavy atom. The largest absolute Gasteiger partial charge is 0.435 e. The lowest BCUT2D eigenvalue weighted by molar-refractivity contribution is -0.206. The van der Waals surface area contributed by atoms with Crippen molar-refractivity contribution in [2.45, 2.75) is 117 Å². The molecule has 0 N–H and O–H groups in total. The summed E-state index contributed by atoms with van der Waals surface area (Å²) in [4.78, 5) is 0. The van der Waals surface area contributed by atoms with Gasteiger partial charge in [0.05, 0.1) is 26.4 Å². The Hall–Kier alpha value is -2.47. The molecule has 2 aromatic rings. The molecule has 2 saturated carbocycles. The summed E-state index contributed by atoms with van der Waals surface area (Å²) in [5.74, 6) is 3.10. The van der Waals surface area contributed by atoms with Crippen molar-refractivity contribution in [2.24, 2.45) is 35.5 Å². The molecule has 286 valence electrons. The first-order valence-corrected chi connectivity index (χ1v) is 18.9. The molecule has 0 spiro atoms. The molecule has 0 bridgehead atoms. The van der Waals surface area contributed by atoms with E-state index in [-0.39, 0.29) is 5.75 Å². The van der Waals surface area contributed by atoms with Gasteiger partial charge in [-0.25, -0.2) is 4.39 Å². The van der Waals surface area contributed by atoms with Crippen molar-refractivity contribution in [3.05, 3.63) is 59.4 Å². The van der Waals surface area contributed by atoms with Gasteiger partial charge in [0.15, 0.2) is 24.1 Å². The third-order valence-electron chi connectivity index (χ3n) is 11.0. The Labute approximate surface area is 299 Å². The van der Waals surface area contributed by atoms with E-state index in [4.69, 9.17) is 18.9 Å². The van der Waals surface area contributed by atoms with Crippen LogP contribution in [0.1, 0.15) is 115 Å². The first-order chi connectivity index (χ1) is 24.6. The molecule has 2 aliphatic carbocycles. The Bertz CT molecular complexity index is 1270. The highest BCUT2D eigenvalue weighted by Crippen LogP contribution is 2.36. The number of ether oxygens (including phenoxy) is 6. The molecule has 6 nitrogen and oxygen atoms in total. The Morgan fingerprint density at radius 3 is 1.39 bits per heavy atom. The minimum absolute atomic E-state index is 0.147. The van der Waals surface area contributed by atoms with Crippen LogP contribution in [0.25, 0.3) is 0 Å². The molecule has 0 aromatic heterocycles. The fourth-order valence-corrected chi connectivity index (χ4v) is 7.64. The maximum Gasteiger partial charge on any atom is 0.387 e. The number of alkyl halides is 4. The van der Waals surface area contributed by atoms with Crippen molar-refractivity contribution in [1.82, 2.24) is 0 Å². The van der Waals surface area contributed by atoms with E-state index in [1.165, 1.54) is 88.5 Å². The van der Waals surface area contributed by atoms with Crippen LogP contribution in [0.3, 0.4) is 0 Å². The van der Waals surface area contributed by atoms with E-state index >= 15 is 0 Å². The van der Waals surface area contributed by atoms with Gasteiger partial charge < -0.3 is 28.4 Å². The molecule has 4 aliphatic rings. The highest BCUT2D eigenvalue weighted by molar-refractivity contribution is 5.30. The molecular formula is C40H55F5O6. The second-order valence-corrected chi connectivity index (χ2v) is 15.2. The zero-order chi connectivity index (χ0) is 36.2. The van der Waals surface area contributed by atoms with E-state index in [0.717, 1.165) is 48.1 Å². The predicted molar refractivity (Wildman–Crippen MR) is 183 cm³/mol. The minimum atomic E-state index is -3.05. The van der Waals surface area contributed by atoms with Gasteiger partial charge in [-0.15, -0.1) is 0 Å². The smallest absolute Gasteiger partial charge is 0.387 e. The summed E-state index contributed by atoms with van der Waals surface area (Å²) < 4.78 is 94.2. The number of rotatable bonds is 12. The lowest BCUT2D eigenvalue weighted by Crippen LogP contribution is -2.28. The second kappa shape index (κ2) is 20.1. The number of halogens is 5. The van der Waals surface area contributed by atoms with Crippen molar-refractivity contribution >= 4 is 0 Å². The van der Waals surface area contributed by atoms with Gasteiger partial charge in [-0.1, -0.05) is 96.3 Å². The fraction of sp³-hybridized carbons (Fsp3) is 0.700. The third kappa shape index (κ3) is 13.2. The molecule has 4 fully saturated rings. The molecular weight excluding hydrogens is 671 g/mol. The molecule has 2 aromatic carbocycles. The van der Waals surface area contributed by atoms with Gasteiger partial charge in [0.1, 0.15) is 5.75 Å². The molecule has 0 radical (unpaired) electrons. The molecule has 0 atom stereocenters. The van der Waals surface area contributed by atoms with Gasteiger partial charge in [-0.2, -0.15) is 17.6 Å². The van der Waals surface area contributed by atoms with Gasteiger partial charge in [-0.3, -0.25) is 0 Å². The van der Waals surface area contributed by atoms with Gasteiger partial charge in [0.25, 0.3) is 0 Å². The van der Waals surface area contributed by atoms with Crippen LogP contribution in [-0.2, 0) is 18.9 Å². The zero-order valence-corrected chi connectivity index (χ0v) is 30.0. The van der Waals surface area contributed by atoms with E-state index in [0.29, 0.717) is 43.8 Å². The van der Waals surface area contributed by atoms with Crippen LogP contribution in [0.15, 0.2) is 42.5 Å². The van der Waals surface area contributed by atoms with E-state index in [1.807, 2.05) is 0 Å². The van der Waals surface area contributed by atoms with Crippen molar-refractivity contribution < 1.29 is 50.4 Å². The quantitative estimate of drug-likeness (QED) is 0.203. The Kier molecular flexibility index (Phi) is 15.7. The number of hydrogen-bond donors (Lipinski definition) is 0. The molecule has 51 heavy (non-hydrogen) atoms. The lowest BCUT2D eigenvalue weighted by Gasteiger charge is -2.32. The highest BCUT2D eigenvalue weighted by Gasteiger charge is 2.28. The summed E-state index contributed by atoms with van der Waals surface area (Å²) in [6.45, 7) is 1.37. The fourth-order valence-electron chi connectivity index (χ4n) is 7.64. The normalized spacial score (nSPS) is 30.1. The van der Waals surface area contributed by atoms with Gasteiger partial charge >= 0.3 is 13.2 Å². The SMILES string of the molecule is CC1CCC(CCC2COC(c3ccc(OC(F)F)c(F)c3)OC2)CC1.CC1CCC(CCC2COC(c3ccc(OC(F)F)cc3)OC2)CC1. The second-order valence-electron chi connectivity index (χ2n) is 15.2.